The van der Waals surface area contributed by atoms with Gasteiger partial charge in [0.05, 0.1) is 14.2 Å². The van der Waals surface area contributed by atoms with Gasteiger partial charge in [-0.15, -0.1) is 0 Å². The Labute approximate surface area is 114 Å². The van der Waals surface area contributed by atoms with Crippen LogP contribution < -0.4 is 15.2 Å². The third-order valence-corrected chi connectivity index (χ3v) is 3.15. The lowest BCUT2D eigenvalue weighted by Crippen LogP contribution is -2.06. The summed E-state index contributed by atoms with van der Waals surface area (Å²) in [7, 11) is 3.32. The number of ether oxygens (including phenoxy) is 2. The minimum atomic E-state index is -0.0351. The van der Waals surface area contributed by atoms with E-state index in [9.17, 15) is 0 Å². The summed E-state index contributed by atoms with van der Waals surface area (Å²) in [6, 6.07) is 13.8. The van der Waals surface area contributed by atoms with E-state index in [2.05, 4.69) is 6.07 Å². The highest BCUT2D eigenvalue weighted by molar-refractivity contribution is 5.75. The van der Waals surface area contributed by atoms with Gasteiger partial charge in [-0.05, 0) is 36.2 Å². The SMILES string of the molecule is COc1ccc(OC)c(-c2ccccc2C(C)N)c1. The first-order valence-electron chi connectivity index (χ1n) is 6.24. The second-order valence-electron chi connectivity index (χ2n) is 4.44. The van der Waals surface area contributed by atoms with Crippen molar-refractivity contribution in [2.45, 2.75) is 13.0 Å². The molecule has 0 spiro atoms. The fourth-order valence-corrected chi connectivity index (χ4v) is 2.16. The van der Waals surface area contributed by atoms with Gasteiger partial charge in [0.1, 0.15) is 11.5 Å². The number of rotatable bonds is 4. The Morgan fingerprint density at radius 2 is 1.68 bits per heavy atom. The molecule has 2 aromatic rings. The van der Waals surface area contributed by atoms with Crippen LogP contribution in [0.1, 0.15) is 18.5 Å². The predicted octanol–water partition coefficient (Wildman–Crippen LogP) is 3.39. The zero-order valence-electron chi connectivity index (χ0n) is 11.5. The summed E-state index contributed by atoms with van der Waals surface area (Å²) in [5, 5.41) is 0. The maximum absolute atomic E-state index is 6.04. The molecule has 0 fully saturated rings. The summed E-state index contributed by atoms with van der Waals surface area (Å²) in [5.74, 6) is 1.61. The molecule has 3 nitrogen and oxygen atoms in total. The molecule has 2 aromatic carbocycles. The van der Waals surface area contributed by atoms with Crippen molar-refractivity contribution in [3.8, 4) is 22.6 Å². The van der Waals surface area contributed by atoms with E-state index in [1.165, 1.54) is 0 Å². The van der Waals surface area contributed by atoms with E-state index in [1.54, 1.807) is 14.2 Å². The highest BCUT2D eigenvalue weighted by Gasteiger charge is 2.13. The normalized spacial score (nSPS) is 12.0. The Hall–Kier alpha value is -2.00. The summed E-state index contributed by atoms with van der Waals surface area (Å²) in [5.41, 5.74) is 9.21. The molecule has 0 aliphatic heterocycles. The van der Waals surface area contributed by atoms with E-state index in [4.69, 9.17) is 15.2 Å². The first-order valence-corrected chi connectivity index (χ1v) is 6.24. The smallest absolute Gasteiger partial charge is 0.126 e. The molecule has 2 N–H and O–H groups in total. The van der Waals surface area contributed by atoms with Gasteiger partial charge in [-0.3, -0.25) is 0 Å². The number of hydrogen-bond donors (Lipinski definition) is 1. The topological polar surface area (TPSA) is 44.5 Å². The van der Waals surface area contributed by atoms with Gasteiger partial charge >= 0.3 is 0 Å². The minimum Gasteiger partial charge on any atom is -0.497 e. The largest absolute Gasteiger partial charge is 0.497 e. The van der Waals surface area contributed by atoms with Crippen LogP contribution in [0.5, 0.6) is 11.5 Å². The van der Waals surface area contributed by atoms with Crippen LogP contribution in [0.15, 0.2) is 42.5 Å². The van der Waals surface area contributed by atoms with Crippen LogP contribution in [0.2, 0.25) is 0 Å². The van der Waals surface area contributed by atoms with Crippen molar-refractivity contribution in [2.75, 3.05) is 14.2 Å². The molecule has 0 aliphatic rings. The van der Waals surface area contributed by atoms with Crippen LogP contribution in [0.4, 0.5) is 0 Å². The molecule has 0 aromatic heterocycles. The molecule has 1 unspecified atom stereocenters. The third-order valence-electron chi connectivity index (χ3n) is 3.15. The van der Waals surface area contributed by atoms with E-state index < -0.39 is 0 Å². The summed E-state index contributed by atoms with van der Waals surface area (Å²) < 4.78 is 10.7. The van der Waals surface area contributed by atoms with E-state index in [-0.39, 0.29) is 6.04 Å². The van der Waals surface area contributed by atoms with Gasteiger partial charge in [0.2, 0.25) is 0 Å². The molecule has 0 aliphatic carbocycles. The molecular formula is C16H19NO2. The standard InChI is InChI=1S/C16H19NO2/c1-11(17)13-6-4-5-7-14(13)15-10-12(18-2)8-9-16(15)19-3/h4-11H,17H2,1-3H3. The lowest BCUT2D eigenvalue weighted by molar-refractivity contribution is 0.404. The molecule has 3 heteroatoms. The average molecular weight is 257 g/mol. The van der Waals surface area contributed by atoms with Crippen molar-refractivity contribution in [1.82, 2.24) is 0 Å². The second kappa shape index (κ2) is 5.76. The number of methoxy groups -OCH3 is 2. The maximum Gasteiger partial charge on any atom is 0.126 e. The number of nitrogens with two attached hydrogens (primary N) is 1. The molecule has 0 bridgehead atoms. The Morgan fingerprint density at radius 3 is 2.32 bits per heavy atom. The van der Waals surface area contributed by atoms with E-state index in [0.29, 0.717) is 0 Å². The second-order valence-corrected chi connectivity index (χ2v) is 4.44. The van der Waals surface area contributed by atoms with Crippen molar-refractivity contribution in [2.24, 2.45) is 5.73 Å². The van der Waals surface area contributed by atoms with Crippen LogP contribution in [0.3, 0.4) is 0 Å². The maximum atomic E-state index is 6.04. The van der Waals surface area contributed by atoms with E-state index in [0.717, 1.165) is 28.2 Å². The van der Waals surface area contributed by atoms with Gasteiger partial charge in [-0.2, -0.15) is 0 Å². The molecule has 100 valence electrons. The molecule has 0 radical (unpaired) electrons. The van der Waals surface area contributed by atoms with Crippen LogP contribution in [0, 0.1) is 0 Å². The predicted molar refractivity (Wildman–Crippen MR) is 77.6 cm³/mol. The van der Waals surface area contributed by atoms with Crippen LogP contribution in [-0.4, -0.2) is 14.2 Å². The fraction of sp³-hybridized carbons (Fsp3) is 0.250. The summed E-state index contributed by atoms with van der Waals surface area (Å²) in [6.45, 7) is 1.98. The Kier molecular flexibility index (Phi) is 4.07. The zero-order valence-corrected chi connectivity index (χ0v) is 11.5. The quantitative estimate of drug-likeness (QED) is 0.913. The molecule has 0 heterocycles. The van der Waals surface area contributed by atoms with E-state index >= 15 is 0 Å². The summed E-state index contributed by atoms with van der Waals surface area (Å²) >= 11 is 0. The summed E-state index contributed by atoms with van der Waals surface area (Å²) in [6.07, 6.45) is 0. The van der Waals surface area contributed by atoms with Gasteiger partial charge in [-0.1, -0.05) is 24.3 Å². The first kappa shape index (κ1) is 13.4. The van der Waals surface area contributed by atoms with Crippen LogP contribution in [-0.2, 0) is 0 Å². The van der Waals surface area contributed by atoms with E-state index in [1.807, 2.05) is 43.3 Å². The average Bonchev–Trinajstić information content (AvgIpc) is 2.46. The van der Waals surface area contributed by atoms with Gasteiger partial charge in [0.15, 0.2) is 0 Å². The third kappa shape index (κ3) is 2.71. The first-order chi connectivity index (χ1) is 9.17. The van der Waals surface area contributed by atoms with Crippen molar-refractivity contribution in [3.63, 3.8) is 0 Å². The Balaban J connectivity index is 2.63. The summed E-state index contributed by atoms with van der Waals surface area (Å²) in [4.78, 5) is 0. The van der Waals surface area contributed by atoms with Crippen LogP contribution in [0.25, 0.3) is 11.1 Å². The molecule has 2 rings (SSSR count). The lowest BCUT2D eigenvalue weighted by atomic mass is 9.95. The van der Waals surface area contributed by atoms with Crippen molar-refractivity contribution in [1.29, 1.82) is 0 Å². The molecule has 0 amide bonds. The van der Waals surface area contributed by atoms with Gasteiger partial charge in [0.25, 0.3) is 0 Å². The van der Waals surface area contributed by atoms with Gasteiger partial charge in [0, 0.05) is 11.6 Å². The Bertz CT molecular complexity index is 564. The van der Waals surface area contributed by atoms with Gasteiger partial charge in [-0.25, -0.2) is 0 Å². The molecule has 0 saturated heterocycles. The monoisotopic (exact) mass is 257 g/mol. The zero-order chi connectivity index (χ0) is 13.8. The Morgan fingerprint density at radius 1 is 0.947 bits per heavy atom. The van der Waals surface area contributed by atoms with Crippen molar-refractivity contribution < 1.29 is 9.47 Å². The molecule has 0 saturated carbocycles. The number of hydrogen-bond acceptors (Lipinski definition) is 3. The van der Waals surface area contributed by atoms with Crippen molar-refractivity contribution in [3.05, 3.63) is 48.0 Å². The van der Waals surface area contributed by atoms with Crippen LogP contribution >= 0.6 is 0 Å². The highest BCUT2D eigenvalue weighted by atomic mass is 16.5. The highest BCUT2D eigenvalue weighted by Crippen LogP contribution is 2.36. The molecule has 1 atom stereocenters. The van der Waals surface area contributed by atoms with Gasteiger partial charge < -0.3 is 15.2 Å². The minimum absolute atomic E-state index is 0.0351. The molecular weight excluding hydrogens is 238 g/mol. The number of benzene rings is 2. The fourth-order valence-electron chi connectivity index (χ4n) is 2.16. The lowest BCUT2D eigenvalue weighted by Gasteiger charge is -2.16. The van der Waals surface area contributed by atoms with Crippen molar-refractivity contribution >= 4 is 0 Å². The molecule has 19 heavy (non-hydrogen) atoms.